The quantitative estimate of drug-likeness (QED) is 0.636. The Morgan fingerprint density at radius 1 is 1.23 bits per heavy atom. The van der Waals surface area contributed by atoms with E-state index in [1.807, 2.05) is 44.2 Å². The van der Waals surface area contributed by atoms with E-state index >= 15 is 0 Å². The molecule has 6 heteroatoms. The van der Waals surface area contributed by atoms with Crippen molar-refractivity contribution in [1.29, 1.82) is 0 Å². The second-order valence-corrected chi connectivity index (χ2v) is 5.07. The van der Waals surface area contributed by atoms with Crippen LogP contribution in [0.25, 0.3) is 5.69 Å². The Hall–Kier alpha value is -2.76. The summed E-state index contributed by atoms with van der Waals surface area (Å²) in [6.07, 6.45) is 3.08. The Morgan fingerprint density at radius 3 is 2.55 bits per heavy atom. The molecule has 22 heavy (non-hydrogen) atoms. The molecule has 0 fully saturated rings. The fraction of sp³-hybridized carbons (Fsp3) is 0.250. The fourth-order valence-electron chi connectivity index (χ4n) is 1.62. The molecule has 2 rings (SSSR count). The lowest BCUT2D eigenvalue weighted by Gasteiger charge is -2.04. The molecular weight excluding hydrogens is 282 g/mol. The maximum absolute atomic E-state index is 11.6. The van der Waals surface area contributed by atoms with Gasteiger partial charge >= 0.3 is 11.9 Å². The number of carbonyl (C=O) groups is 2. The zero-order valence-corrected chi connectivity index (χ0v) is 12.5. The van der Waals surface area contributed by atoms with Gasteiger partial charge in [-0.3, -0.25) is 4.79 Å². The monoisotopic (exact) mass is 299 g/mol. The van der Waals surface area contributed by atoms with Gasteiger partial charge in [0.25, 0.3) is 0 Å². The van der Waals surface area contributed by atoms with Crippen LogP contribution < -0.4 is 5.36 Å². The van der Waals surface area contributed by atoms with Crippen molar-refractivity contribution in [2.75, 3.05) is 6.61 Å². The SMILES string of the molecule is CC(C)COC(=O)C(=O)N=c1ccn(-c2ccccc2)nc1. The van der Waals surface area contributed by atoms with Gasteiger partial charge in [0, 0.05) is 6.20 Å². The first-order chi connectivity index (χ1) is 10.6. The molecule has 0 bridgehead atoms. The van der Waals surface area contributed by atoms with Gasteiger partial charge in [0.2, 0.25) is 0 Å². The van der Waals surface area contributed by atoms with E-state index in [1.54, 1.807) is 16.9 Å². The zero-order chi connectivity index (χ0) is 15.9. The third kappa shape index (κ3) is 4.37. The molecule has 6 nitrogen and oxygen atoms in total. The molecule has 0 spiro atoms. The molecule has 0 aliphatic rings. The van der Waals surface area contributed by atoms with Crippen molar-refractivity contribution < 1.29 is 14.3 Å². The van der Waals surface area contributed by atoms with E-state index in [-0.39, 0.29) is 12.5 Å². The van der Waals surface area contributed by atoms with E-state index in [9.17, 15) is 9.59 Å². The van der Waals surface area contributed by atoms with Crippen molar-refractivity contribution in [2.45, 2.75) is 13.8 Å². The van der Waals surface area contributed by atoms with Crippen molar-refractivity contribution in [1.82, 2.24) is 9.78 Å². The molecule has 0 radical (unpaired) electrons. The largest absolute Gasteiger partial charge is 0.458 e. The van der Waals surface area contributed by atoms with Crippen molar-refractivity contribution >= 4 is 11.9 Å². The van der Waals surface area contributed by atoms with Gasteiger partial charge in [-0.25, -0.2) is 14.5 Å². The summed E-state index contributed by atoms with van der Waals surface area (Å²) in [7, 11) is 0. The number of nitrogens with zero attached hydrogens (tertiary/aromatic N) is 3. The molecule has 0 aliphatic heterocycles. The Bertz CT molecular complexity index is 700. The second-order valence-electron chi connectivity index (χ2n) is 5.07. The highest BCUT2D eigenvalue weighted by molar-refractivity contribution is 6.32. The summed E-state index contributed by atoms with van der Waals surface area (Å²) in [6, 6.07) is 11.1. The van der Waals surface area contributed by atoms with Gasteiger partial charge in [0.15, 0.2) is 0 Å². The molecule has 1 aromatic carbocycles. The number of carbonyl (C=O) groups excluding carboxylic acids is 2. The molecule has 0 saturated heterocycles. The summed E-state index contributed by atoms with van der Waals surface area (Å²) in [5, 5.41) is 4.46. The van der Waals surface area contributed by atoms with Crippen LogP contribution in [0, 0.1) is 5.92 Å². The number of ether oxygens (including phenoxy) is 1. The number of benzene rings is 1. The highest BCUT2D eigenvalue weighted by Gasteiger charge is 2.14. The van der Waals surface area contributed by atoms with E-state index in [0.29, 0.717) is 5.36 Å². The predicted octanol–water partition coefficient (Wildman–Crippen LogP) is 1.50. The number of amides is 1. The highest BCUT2D eigenvalue weighted by atomic mass is 16.5. The number of aromatic nitrogens is 2. The van der Waals surface area contributed by atoms with Crippen molar-refractivity contribution in [2.24, 2.45) is 10.9 Å². The van der Waals surface area contributed by atoms with Crippen LogP contribution in [0.3, 0.4) is 0 Å². The first-order valence-corrected chi connectivity index (χ1v) is 6.92. The van der Waals surface area contributed by atoms with E-state index in [1.165, 1.54) is 6.20 Å². The molecule has 0 saturated carbocycles. The summed E-state index contributed by atoms with van der Waals surface area (Å²) in [5.41, 5.74) is 0.886. The molecule has 0 unspecified atom stereocenters. The molecule has 0 aliphatic carbocycles. The average Bonchev–Trinajstić information content (AvgIpc) is 2.54. The third-order valence-electron chi connectivity index (χ3n) is 2.67. The van der Waals surface area contributed by atoms with Crippen LogP contribution in [-0.4, -0.2) is 28.3 Å². The number of para-hydroxylation sites is 1. The molecule has 1 amide bonds. The molecule has 1 heterocycles. The molecule has 2 aromatic rings. The molecule has 0 N–H and O–H groups in total. The van der Waals surface area contributed by atoms with Crippen molar-refractivity contribution in [3.63, 3.8) is 0 Å². The Kier molecular flexibility index (Phi) is 5.19. The van der Waals surface area contributed by atoms with Gasteiger partial charge in [-0.2, -0.15) is 5.10 Å². The Morgan fingerprint density at radius 2 is 1.95 bits per heavy atom. The summed E-state index contributed by atoms with van der Waals surface area (Å²) < 4.78 is 6.46. The van der Waals surface area contributed by atoms with Gasteiger partial charge in [0.1, 0.15) is 0 Å². The summed E-state index contributed by atoms with van der Waals surface area (Å²) >= 11 is 0. The van der Waals surface area contributed by atoms with E-state index < -0.39 is 11.9 Å². The van der Waals surface area contributed by atoms with Crippen molar-refractivity contribution in [3.8, 4) is 5.69 Å². The smallest absolute Gasteiger partial charge is 0.399 e. The van der Waals surface area contributed by atoms with E-state index in [2.05, 4.69) is 10.1 Å². The lowest BCUT2D eigenvalue weighted by Crippen LogP contribution is -2.21. The van der Waals surface area contributed by atoms with Crippen LogP contribution in [0.1, 0.15) is 13.8 Å². The molecule has 0 atom stereocenters. The molecular formula is C16H17N3O3. The predicted molar refractivity (Wildman–Crippen MR) is 79.9 cm³/mol. The number of hydrogen-bond acceptors (Lipinski definition) is 4. The highest BCUT2D eigenvalue weighted by Crippen LogP contribution is 2.02. The maximum Gasteiger partial charge on any atom is 0.399 e. The van der Waals surface area contributed by atoms with Gasteiger partial charge in [-0.15, -0.1) is 0 Å². The van der Waals surface area contributed by atoms with Gasteiger partial charge in [-0.1, -0.05) is 32.0 Å². The van der Waals surface area contributed by atoms with Crippen LogP contribution in [0.15, 0.2) is 53.8 Å². The first-order valence-electron chi connectivity index (χ1n) is 6.92. The van der Waals surface area contributed by atoms with Crippen molar-refractivity contribution in [3.05, 3.63) is 54.1 Å². The number of hydrogen-bond donors (Lipinski definition) is 0. The Labute approximate surface area is 128 Å². The minimum absolute atomic E-state index is 0.167. The molecule has 114 valence electrons. The number of esters is 1. The van der Waals surface area contributed by atoms with Crippen LogP contribution in [-0.2, 0) is 14.3 Å². The topological polar surface area (TPSA) is 73.6 Å². The molecule has 1 aromatic heterocycles. The van der Waals surface area contributed by atoms with Crippen LogP contribution in [0.4, 0.5) is 0 Å². The standard InChI is InChI=1S/C16H17N3O3/c1-12(2)11-22-16(21)15(20)18-13-8-9-19(17-10-13)14-6-4-3-5-7-14/h3-10,12H,11H2,1-2H3. The minimum Gasteiger partial charge on any atom is -0.458 e. The van der Waals surface area contributed by atoms with Crippen LogP contribution >= 0.6 is 0 Å². The number of rotatable bonds is 3. The average molecular weight is 299 g/mol. The van der Waals surface area contributed by atoms with Gasteiger partial charge in [-0.05, 0) is 24.1 Å². The minimum atomic E-state index is -0.950. The second kappa shape index (κ2) is 7.31. The lowest BCUT2D eigenvalue weighted by atomic mass is 10.2. The van der Waals surface area contributed by atoms with Crippen LogP contribution in [0.5, 0.6) is 0 Å². The zero-order valence-electron chi connectivity index (χ0n) is 12.5. The Balaban J connectivity index is 2.09. The first kappa shape index (κ1) is 15.6. The van der Waals surface area contributed by atoms with Crippen LogP contribution in [0.2, 0.25) is 0 Å². The van der Waals surface area contributed by atoms with Gasteiger partial charge in [0.05, 0.1) is 23.8 Å². The normalized spacial score (nSPS) is 11.5. The summed E-state index contributed by atoms with van der Waals surface area (Å²) in [5.74, 6) is -1.71. The fourth-order valence-corrected chi connectivity index (χ4v) is 1.62. The third-order valence-corrected chi connectivity index (χ3v) is 2.67. The maximum atomic E-state index is 11.6. The van der Waals surface area contributed by atoms with Gasteiger partial charge < -0.3 is 4.74 Å². The summed E-state index contributed by atoms with van der Waals surface area (Å²) in [6.45, 7) is 3.97. The lowest BCUT2D eigenvalue weighted by molar-refractivity contribution is -0.154. The van der Waals surface area contributed by atoms with E-state index in [4.69, 9.17) is 4.74 Å². The summed E-state index contributed by atoms with van der Waals surface area (Å²) in [4.78, 5) is 26.7. The van der Waals surface area contributed by atoms with E-state index in [0.717, 1.165) is 5.69 Å².